The van der Waals surface area contributed by atoms with Crippen molar-refractivity contribution >= 4 is 10.0 Å². The van der Waals surface area contributed by atoms with E-state index in [1.54, 1.807) is 4.57 Å². The first-order valence-corrected chi connectivity index (χ1v) is 6.80. The molecule has 0 amide bonds. The molecule has 18 heavy (non-hydrogen) atoms. The van der Waals surface area contributed by atoms with Crippen LogP contribution in [0.2, 0.25) is 0 Å². The van der Waals surface area contributed by atoms with Gasteiger partial charge in [-0.3, -0.25) is 5.10 Å². The van der Waals surface area contributed by atoms with Gasteiger partial charge in [0.15, 0.2) is 5.03 Å². The molecule has 0 aliphatic heterocycles. The lowest BCUT2D eigenvalue weighted by molar-refractivity contribution is 0.455. The number of rotatable bonds is 5. The number of nitrogens with one attached hydrogen (secondary N) is 1. The van der Waals surface area contributed by atoms with Crippen molar-refractivity contribution in [3.05, 3.63) is 24.7 Å². The van der Waals surface area contributed by atoms with Crippen LogP contribution in [0.15, 0.2) is 23.9 Å². The second kappa shape index (κ2) is 4.86. The minimum atomic E-state index is -3.59. The zero-order valence-corrected chi connectivity index (χ0v) is 10.9. The van der Waals surface area contributed by atoms with Gasteiger partial charge >= 0.3 is 0 Å². The van der Waals surface area contributed by atoms with Crippen molar-refractivity contribution in [2.75, 3.05) is 7.05 Å². The molecule has 0 bridgehead atoms. The van der Waals surface area contributed by atoms with E-state index in [1.807, 2.05) is 6.92 Å². The SMILES string of the molecule is CCn1cnc(S(=O)(=O)N(C)Cc2ncn[nH]2)c1. The maximum absolute atomic E-state index is 12.2. The molecule has 9 heteroatoms. The first kappa shape index (κ1) is 12.7. The molecule has 0 unspecified atom stereocenters. The summed E-state index contributed by atoms with van der Waals surface area (Å²) in [4.78, 5) is 7.78. The van der Waals surface area contributed by atoms with Crippen molar-refractivity contribution in [2.45, 2.75) is 25.0 Å². The third-order valence-corrected chi connectivity index (χ3v) is 4.18. The minimum absolute atomic E-state index is 0.0337. The van der Waals surface area contributed by atoms with Crippen molar-refractivity contribution in [3.8, 4) is 0 Å². The first-order chi connectivity index (χ1) is 8.54. The second-order valence-corrected chi connectivity index (χ2v) is 5.73. The fraction of sp³-hybridized carbons (Fsp3) is 0.444. The highest BCUT2D eigenvalue weighted by molar-refractivity contribution is 7.89. The number of aryl methyl sites for hydroxylation is 1. The lowest BCUT2D eigenvalue weighted by Gasteiger charge is -2.13. The van der Waals surface area contributed by atoms with Gasteiger partial charge in [0.2, 0.25) is 0 Å². The summed E-state index contributed by atoms with van der Waals surface area (Å²) in [6, 6.07) is 0. The summed E-state index contributed by atoms with van der Waals surface area (Å²) in [6.07, 6.45) is 4.34. The van der Waals surface area contributed by atoms with Crippen LogP contribution in [0.5, 0.6) is 0 Å². The first-order valence-electron chi connectivity index (χ1n) is 5.36. The van der Waals surface area contributed by atoms with E-state index in [0.717, 1.165) is 0 Å². The summed E-state index contributed by atoms with van der Waals surface area (Å²) in [7, 11) is -2.12. The maximum atomic E-state index is 12.2. The van der Waals surface area contributed by atoms with Crippen LogP contribution in [0.3, 0.4) is 0 Å². The number of aromatic nitrogens is 5. The average molecular weight is 270 g/mol. The number of hydrogen-bond donors (Lipinski definition) is 1. The van der Waals surface area contributed by atoms with Gasteiger partial charge in [0.1, 0.15) is 12.2 Å². The normalized spacial score (nSPS) is 12.2. The molecule has 0 saturated carbocycles. The van der Waals surface area contributed by atoms with Crippen LogP contribution in [-0.2, 0) is 23.1 Å². The summed E-state index contributed by atoms with van der Waals surface area (Å²) in [6.45, 7) is 2.71. The van der Waals surface area contributed by atoms with Crippen molar-refractivity contribution in [3.63, 3.8) is 0 Å². The summed E-state index contributed by atoms with van der Waals surface area (Å²) < 4.78 is 27.2. The van der Waals surface area contributed by atoms with Crippen LogP contribution in [-0.4, -0.2) is 44.5 Å². The molecule has 0 radical (unpaired) electrons. The van der Waals surface area contributed by atoms with Crippen LogP contribution in [0.25, 0.3) is 0 Å². The molecule has 2 aromatic rings. The number of aromatic amines is 1. The molecular formula is C9H14N6O2S. The summed E-state index contributed by atoms with van der Waals surface area (Å²) in [5.74, 6) is 0.482. The highest BCUT2D eigenvalue weighted by atomic mass is 32.2. The fourth-order valence-corrected chi connectivity index (χ4v) is 2.47. The van der Waals surface area contributed by atoms with Crippen LogP contribution in [0.4, 0.5) is 0 Å². The van der Waals surface area contributed by atoms with E-state index in [1.165, 1.54) is 30.2 Å². The summed E-state index contributed by atoms with van der Waals surface area (Å²) >= 11 is 0. The zero-order chi connectivity index (χ0) is 13.2. The highest BCUT2D eigenvalue weighted by Crippen LogP contribution is 2.13. The Kier molecular flexibility index (Phi) is 3.43. The topological polar surface area (TPSA) is 96.8 Å². The van der Waals surface area contributed by atoms with Gasteiger partial charge in [0.05, 0.1) is 12.9 Å². The monoisotopic (exact) mass is 270 g/mol. The summed E-state index contributed by atoms with van der Waals surface area (Å²) in [5.41, 5.74) is 0. The largest absolute Gasteiger partial charge is 0.336 e. The van der Waals surface area contributed by atoms with Gasteiger partial charge in [-0.05, 0) is 6.92 Å². The molecule has 2 rings (SSSR count). The maximum Gasteiger partial charge on any atom is 0.262 e. The molecule has 0 aliphatic carbocycles. The Hall–Kier alpha value is -1.74. The van der Waals surface area contributed by atoms with Crippen LogP contribution < -0.4 is 0 Å². The molecule has 0 aliphatic rings. The molecule has 8 nitrogen and oxygen atoms in total. The average Bonchev–Trinajstić information content (AvgIpc) is 2.99. The van der Waals surface area contributed by atoms with Crippen molar-refractivity contribution in [1.29, 1.82) is 0 Å². The number of nitrogens with zero attached hydrogens (tertiary/aromatic N) is 5. The zero-order valence-electron chi connectivity index (χ0n) is 10.1. The molecule has 0 aromatic carbocycles. The minimum Gasteiger partial charge on any atom is -0.336 e. The Balaban J connectivity index is 2.19. The van der Waals surface area contributed by atoms with Gasteiger partial charge in [-0.1, -0.05) is 0 Å². The van der Waals surface area contributed by atoms with E-state index in [9.17, 15) is 8.42 Å². The van der Waals surface area contributed by atoms with Gasteiger partial charge < -0.3 is 4.57 Å². The van der Waals surface area contributed by atoms with E-state index in [0.29, 0.717) is 12.4 Å². The highest BCUT2D eigenvalue weighted by Gasteiger charge is 2.24. The summed E-state index contributed by atoms with van der Waals surface area (Å²) in [5, 5.41) is 6.32. The van der Waals surface area contributed by atoms with E-state index in [4.69, 9.17) is 0 Å². The van der Waals surface area contributed by atoms with Gasteiger partial charge in [-0.25, -0.2) is 18.4 Å². The van der Waals surface area contributed by atoms with Crippen LogP contribution in [0.1, 0.15) is 12.7 Å². The van der Waals surface area contributed by atoms with Gasteiger partial charge in [0.25, 0.3) is 10.0 Å². The molecule has 0 fully saturated rings. The van der Waals surface area contributed by atoms with Crippen molar-refractivity contribution in [2.24, 2.45) is 0 Å². The Labute approximate surface area is 105 Å². The number of hydrogen-bond acceptors (Lipinski definition) is 5. The van der Waals surface area contributed by atoms with Crippen LogP contribution >= 0.6 is 0 Å². The van der Waals surface area contributed by atoms with Crippen molar-refractivity contribution in [1.82, 2.24) is 29.0 Å². The number of imidazole rings is 1. The molecule has 98 valence electrons. The Bertz CT molecular complexity index is 603. The Morgan fingerprint density at radius 1 is 1.44 bits per heavy atom. The second-order valence-electron chi connectivity index (χ2n) is 3.74. The third-order valence-electron chi connectivity index (χ3n) is 2.49. The number of sulfonamides is 1. The van der Waals surface area contributed by atoms with Gasteiger partial charge in [-0.15, -0.1) is 0 Å². The molecule has 2 heterocycles. The van der Waals surface area contributed by atoms with E-state index < -0.39 is 10.0 Å². The standard InChI is InChI=1S/C9H14N6O2S/c1-3-15-5-9(11-7-15)18(16,17)14(2)4-8-10-6-12-13-8/h5-7H,3-4H2,1-2H3,(H,10,12,13). The quantitative estimate of drug-likeness (QED) is 0.814. The molecule has 0 atom stereocenters. The van der Waals surface area contributed by atoms with Crippen molar-refractivity contribution < 1.29 is 8.42 Å². The predicted molar refractivity (Wildman–Crippen MR) is 62.9 cm³/mol. The van der Waals surface area contributed by atoms with E-state index in [-0.39, 0.29) is 11.6 Å². The van der Waals surface area contributed by atoms with Gasteiger partial charge in [0, 0.05) is 19.8 Å². The van der Waals surface area contributed by atoms with E-state index >= 15 is 0 Å². The Morgan fingerprint density at radius 3 is 2.78 bits per heavy atom. The predicted octanol–water partition coefficient (Wildman–Crippen LogP) is -0.158. The molecule has 0 spiro atoms. The van der Waals surface area contributed by atoms with Crippen LogP contribution in [0, 0.1) is 0 Å². The van der Waals surface area contributed by atoms with Gasteiger partial charge in [-0.2, -0.15) is 9.40 Å². The Morgan fingerprint density at radius 2 is 2.22 bits per heavy atom. The lowest BCUT2D eigenvalue weighted by Crippen LogP contribution is -2.27. The molecular weight excluding hydrogens is 256 g/mol. The number of H-pyrrole nitrogens is 1. The lowest BCUT2D eigenvalue weighted by atomic mass is 10.6. The third kappa shape index (κ3) is 2.41. The fourth-order valence-electron chi connectivity index (χ4n) is 1.41. The molecule has 2 aromatic heterocycles. The molecule has 1 N–H and O–H groups in total. The van der Waals surface area contributed by atoms with E-state index in [2.05, 4.69) is 20.2 Å². The smallest absolute Gasteiger partial charge is 0.262 e. The molecule has 0 saturated heterocycles.